The van der Waals surface area contributed by atoms with Crippen molar-refractivity contribution in [1.82, 2.24) is 9.62 Å². The molecule has 0 saturated heterocycles. The summed E-state index contributed by atoms with van der Waals surface area (Å²) >= 11 is 0. The van der Waals surface area contributed by atoms with Gasteiger partial charge in [0.1, 0.15) is 0 Å². The first-order valence-corrected chi connectivity index (χ1v) is 8.21. The molecule has 1 aromatic carbocycles. The van der Waals surface area contributed by atoms with Gasteiger partial charge in [-0.25, -0.2) is 8.42 Å². The molecule has 0 bridgehead atoms. The highest BCUT2D eigenvalue weighted by molar-refractivity contribution is 7.89. The van der Waals surface area contributed by atoms with Crippen LogP contribution in [0.15, 0.2) is 23.1 Å². The number of hydrogen-bond donors (Lipinski definition) is 1. The molecule has 0 unspecified atom stereocenters. The minimum Gasteiger partial charge on any atom is -0.309 e. The summed E-state index contributed by atoms with van der Waals surface area (Å²) in [5, 5.41) is 3.23. The summed E-state index contributed by atoms with van der Waals surface area (Å²) in [5.41, 5.74) is 2.30. The Morgan fingerprint density at radius 1 is 1.26 bits per heavy atom. The van der Waals surface area contributed by atoms with E-state index in [9.17, 15) is 8.42 Å². The quantitative estimate of drug-likeness (QED) is 0.898. The average molecular weight is 282 g/mol. The monoisotopic (exact) mass is 282 g/mol. The van der Waals surface area contributed by atoms with Gasteiger partial charge in [0, 0.05) is 26.2 Å². The normalized spacial score (nSPS) is 15.2. The minimum atomic E-state index is -3.36. The summed E-state index contributed by atoms with van der Waals surface area (Å²) in [6, 6.07) is 5.46. The maximum atomic E-state index is 12.6. The third kappa shape index (κ3) is 2.99. The van der Waals surface area contributed by atoms with E-state index >= 15 is 0 Å². The topological polar surface area (TPSA) is 49.4 Å². The second kappa shape index (κ2) is 5.61. The van der Waals surface area contributed by atoms with Gasteiger partial charge in [0.15, 0.2) is 0 Å². The van der Waals surface area contributed by atoms with Crippen LogP contribution in [0.25, 0.3) is 0 Å². The first-order chi connectivity index (χ1) is 8.95. The highest BCUT2D eigenvalue weighted by atomic mass is 32.2. The molecule has 0 spiro atoms. The first kappa shape index (κ1) is 14.5. The van der Waals surface area contributed by atoms with Crippen molar-refractivity contribution in [2.24, 2.45) is 5.92 Å². The molecule has 19 heavy (non-hydrogen) atoms. The number of nitrogens with one attached hydrogen (secondary N) is 1. The minimum absolute atomic E-state index is 0.325. The van der Waals surface area contributed by atoms with Crippen molar-refractivity contribution >= 4 is 10.0 Å². The van der Waals surface area contributed by atoms with Crippen LogP contribution in [-0.4, -0.2) is 25.8 Å². The number of nitrogens with zero attached hydrogens (tertiary/aromatic N) is 1. The fourth-order valence-electron chi connectivity index (χ4n) is 2.39. The van der Waals surface area contributed by atoms with Crippen LogP contribution in [0, 0.1) is 5.92 Å². The molecular formula is C14H22N2O2S. The zero-order valence-electron chi connectivity index (χ0n) is 11.8. The summed E-state index contributed by atoms with van der Waals surface area (Å²) in [6.45, 7) is 8.61. The molecule has 4 nitrogen and oxygen atoms in total. The van der Waals surface area contributed by atoms with E-state index in [1.54, 1.807) is 10.4 Å². The Bertz CT molecular complexity index is 553. The second-order valence-corrected chi connectivity index (χ2v) is 7.32. The molecule has 1 aliphatic heterocycles. The summed E-state index contributed by atoms with van der Waals surface area (Å²) < 4.78 is 26.8. The average Bonchev–Trinajstić information content (AvgIpc) is 2.82. The van der Waals surface area contributed by atoms with Crippen molar-refractivity contribution in [3.8, 4) is 0 Å². The second-order valence-electron chi connectivity index (χ2n) is 5.38. The van der Waals surface area contributed by atoms with Crippen LogP contribution in [-0.2, 0) is 23.1 Å². The highest BCUT2D eigenvalue weighted by Crippen LogP contribution is 2.23. The van der Waals surface area contributed by atoms with Crippen LogP contribution in [0.1, 0.15) is 31.9 Å². The molecule has 0 aliphatic carbocycles. The Balaban J connectivity index is 2.33. The fraction of sp³-hybridized carbons (Fsp3) is 0.571. The van der Waals surface area contributed by atoms with Gasteiger partial charge in [-0.2, -0.15) is 4.31 Å². The lowest BCUT2D eigenvalue weighted by Crippen LogP contribution is -2.34. The van der Waals surface area contributed by atoms with Gasteiger partial charge in [-0.05, 0) is 29.2 Å². The van der Waals surface area contributed by atoms with Crippen molar-refractivity contribution in [2.75, 3.05) is 13.1 Å². The highest BCUT2D eigenvalue weighted by Gasteiger charge is 2.25. The van der Waals surface area contributed by atoms with Crippen molar-refractivity contribution in [1.29, 1.82) is 0 Å². The predicted molar refractivity (Wildman–Crippen MR) is 76.3 cm³/mol. The SMILES string of the molecule is CCN(CC(C)C)S(=O)(=O)c1ccc2c(c1)CNC2. The summed E-state index contributed by atoms with van der Waals surface area (Å²) in [7, 11) is -3.36. The van der Waals surface area contributed by atoms with E-state index in [4.69, 9.17) is 0 Å². The van der Waals surface area contributed by atoms with Crippen molar-refractivity contribution in [3.63, 3.8) is 0 Å². The van der Waals surface area contributed by atoms with Gasteiger partial charge in [0.05, 0.1) is 4.90 Å². The van der Waals surface area contributed by atoms with Crippen LogP contribution >= 0.6 is 0 Å². The van der Waals surface area contributed by atoms with Gasteiger partial charge in [-0.15, -0.1) is 0 Å². The predicted octanol–water partition coefficient (Wildman–Crippen LogP) is 1.96. The Kier molecular flexibility index (Phi) is 4.28. The number of fused-ring (bicyclic) bond motifs is 1. The number of hydrogen-bond acceptors (Lipinski definition) is 3. The largest absolute Gasteiger partial charge is 0.309 e. The van der Waals surface area contributed by atoms with E-state index < -0.39 is 10.0 Å². The molecule has 0 aromatic heterocycles. The zero-order chi connectivity index (χ0) is 14.0. The lowest BCUT2D eigenvalue weighted by molar-refractivity contribution is 0.381. The molecule has 1 heterocycles. The van der Waals surface area contributed by atoms with Gasteiger partial charge >= 0.3 is 0 Å². The Hall–Kier alpha value is -0.910. The molecule has 106 valence electrons. The smallest absolute Gasteiger partial charge is 0.243 e. The van der Waals surface area contributed by atoms with E-state index in [-0.39, 0.29) is 0 Å². The van der Waals surface area contributed by atoms with Gasteiger partial charge in [0.25, 0.3) is 0 Å². The Morgan fingerprint density at radius 2 is 1.95 bits per heavy atom. The molecule has 0 fully saturated rings. The summed E-state index contributed by atoms with van der Waals surface area (Å²) in [5.74, 6) is 0.325. The summed E-state index contributed by atoms with van der Waals surface area (Å²) in [4.78, 5) is 0.414. The molecule has 5 heteroatoms. The van der Waals surface area contributed by atoms with Crippen LogP contribution in [0.4, 0.5) is 0 Å². The fourth-order valence-corrected chi connectivity index (χ4v) is 4.05. The van der Waals surface area contributed by atoms with E-state index in [2.05, 4.69) is 5.32 Å². The van der Waals surface area contributed by atoms with Gasteiger partial charge in [-0.1, -0.05) is 26.8 Å². The molecule has 1 aliphatic rings. The van der Waals surface area contributed by atoms with E-state index in [0.29, 0.717) is 23.9 Å². The maximum Gasteiger partial charge on any atom is 0.243 e. The van der Waals surface area contributed by atoms with Crippen molar-refractivity contribution in [2.45, 2.75) is 38.8 Å². The number of rotatable bonds is 5. The van der Waals surface area contributed by atoms with Crippen molar-refractivity contribution in [3.05, 3.63) is 29.3 Å². The first-order valence-electron chi connectivity index (χ1n) is 6.77. The Morgan fingerprint density at radius 3 is 2.58 bits per heavy atom. The Labute approximate surface area is 115 Å². The van der Waals surface area contributed by atoms with Gasteiger partial charge in [0.2, 0.25) is 10.0 Å². The molecule has 0 radical (unpaired) electrons. The molecule has 1 N–H and O–H groups in total. The van der Waals surface area contributed by atoms with Crippen LogP contribution in [0.2, 0.25) is 0 Å². The van der Waals surface area contributed by atoms with Gasteiger partial charge < -0.3 is 5.32 Å². The third-order valence-electron chi connectivity index (χ3n) is 3.37. The molecule has 1 aromatic rings. The molecular weight excluding hydrogens is 260 g/mol. The van der Waals surface area contributed by atoms with Crippen molar-refractivity contribution < 1.29 is 8.42 Å². The number of benzene rings is 1. The van der Waals surface area contributed by atoms with Crippen LogP contribution in [0.5, 0.6) is 0 Å². The third-order valence-corrected chi connectivity index (χ3v) is 5.30. The lowest BCUT2D eigenvalue weighted by Gasteiger charge is -2.22. The van der Waals surface area contributed by atoms with Crippen LogP contribution < -0.4 is 5.32 Å². The maximum absolute atomic E-state index is 12.6. The number of sulfonamides is 1. The standard InChI is InChI=1S/C14H22N2O2S/c1-4-16(10-11(2)3)19(17,18)14-6-5-12-8-15-9-13(12)7-14/h5-7,11,15H,4,8-10H2,1-3H3. The molecule has 0 amide bonds. The molecule has 2 rings (SSSR count). The molecule has 0 saturated carbocycles. The lowest BCUT2D eigenvalue weighted by atomic mass is 10.1. The molecule has 0 atom stereocenters. The zero-order valence-corrected chi connectivity index (χ0v) is 12.6. The van der Waals surface area contributed by atoms with E-state index in [1.165, 1.54) is 5.56 Å². The van der Waals surface area contributed by atoms with Gasteiger partial charge in [-0.3, -0.25) is 0 Å². The van der Waals surface area contributed by atoms with E-state index in [0.717, 1.165) is 18.7 Å². The van der Waals surface area contributed by atoms with Crippen LogP contribution in [0.3, 0.4) is 0 Å². The summed E-state index contributed by atoms with van der Waals surface area (Å²) in [6.07, 6.45) is 0. The van der Waals surface area contributed by atoms with E-state index in [1.807, 2.05) is 32.9 Å².